The van der Waals surface area contributed by atoms with E-state index in [2.05, 4.69) is 19.2 Å². The fourth-order valence-corrected chi connectivity index (χ4v) is 0.915. The average molecular weight is 143 g/mol. The lowest BCUT2D eigenvalue weighted by Gasteiger charge is -2.27. The van der Waals surface area contributed by atoms with Gasteiger partial charge in [-0.05, 0) is 13.3 Å². The molecule has 1 saturated heterocycles. The van der Waals surface area contributed by atoms with Crippen LogP contribution in [0.1, 0.15) is 20.3 Å². The summed E-state index contributed by atoms with van der Waals surface area (Å²) in [5.41, 5.74) is 0. The lowest BCUT2D eigenvalue weighted by Crippen LogP contribution is -2.39. The average Bonchev–Trinajstić information content (AvgIpc) is 1.84. The normalized spacial score (nSPS) is 22.2. The Labute approximate surface area is 63.0 Å². The smallest absolute Gasteiger partial charge is 0.0528 e. The Bertz CT molecular complexity index is 86.5. The number of nitrogens with one attached hydrogen (secondary N) is 1. The summed E-state index contributed by atoms with van der Waals surface area (Å²) in [4.78, 5) is 0. The van der Waals surface area contributed by atoms with Gasteiger partial charge in [0.2, 0.25) is 0 Å². The van der Waals surface area contributed by atoms with E-state index in [-0.39, 0.29) is 0 Å². The van der Waals surface area contributed by atoms with E-state index in [1.54, 1.807) is 0 Å². The second-order valence-corrected chi connectivity index (χ2v) is 3.12. The molecule has 1 fully saturated rings. The zero-order chi connectivity index (χ0) is 7.40. The van der Waals surface area contributed by atoms with Crippen LogP contribution in [-0.2, 0) is 4.74 Å². The van der Waals surface area contributed by atoms with E-state index in [1.807, 2.05) is 0 Å². The number of rotatable bonds is 4. The lowest BCUT2D eigenvalue weighted by molar-refractivity contribution is -0.0315. The van der Waals surface area contributed by atoms with Gasteiger partial charge in [0.25, 0.3) is 0 Å². The Kier molecular flexibility index (Phi) is 3.16. The Balaban J connectivity index is 1.93. The summed E-state index contributed by atoms with van der Waals surface area (Å²) in [5, 5.41) is 3.45. The van der Waals surface area contributed by atoms with E-state index in [0.29, 0.717) is 6.04 Å². The summed E-state index contributed by atoms with van der Waals surface area (Å²) in [6, 6.07) is 0.667. The van der Waals surface area contributed by atoms with Crippen molar-refractivity contribution in [3.63, 3.8) is 0 Å². The first kappa shape index (κ1) is 8.02. The summed E-state index contributed by atoms with van der Waals surface area (Å²) < 4.78 is 5.06. The van der Waals surface area contributed by atoms with Gasteiger partial charge in [0.15, 0.2) is 0 Å². The first-order chi connectivity index (χ1) is 4.83. The van der Waals surface area contributed by atoms with Gasteiger partial charge in [-0.15, -0.1) is 0 Å². The molecule has 1 aliphatic heterocycles. The number of ether oxygens (including phenoxy) is 1. The maximum atomic E-state index is 5.06. The van der Waals surface area contributed by atoms with Crippen molar-refractivity contribution in [1.82, 2.24) is 5.32 Å². The summed E-state index contributed by atoms with van der Waals surface area (Å²) in [6.07, 6.45) is 1.22. The van der Waals surface area contributed by atoms with Gasteiger partial charge in [0.05, 0.1) is 13.2 Å². The molecule has 60 valence electrons. The van der Waals surface area contributed by atoms with E-state index < -0.39 is 0 Å². The highest BCUT2D eigenvalue weighted by Crippen LogP contribution is 2.08. The second kappa shape index (κ2) is 3.94. The molecule has 2 nitrogen and oxygen atoms in total. The van der Waals surface area contributed by atoms with Crippen LogP contribution < -0.4 is 5.32 Å². The molecule has 0 bridgehead atoms. The molecule has 1 aliphatic rings. The maximum absolute atomic E-state index is 5.06. The Morgan fingerprint density at radius 3 is 2.70 bits per heavy atom. The van der Waals surface area contributed by atoms with Crippen LogP contribution in [-0.4, -0.2) is 25.8 Å². The molecule has 0 saturated carbocycles. The van der Waals surface area contributed by atoms with E-state index in [9.17, 15) is 0 Å². The van der Waals surface area contributed by atoms with Gasteiger partial charge >= 0.3 is 0 Å². The number of hydrogen-bond acceptors (Lipinski definition) is 2. The molecule has 0 amide bonds. The van der Waals surface area contributed by atoms with Crippen LogP contribution in [0.5, 0.6) is 0 Å². The van der Waals surface area contributed by atoms with Crippen LogP contribution >= 0.6 is 0 Å². The van der Waals surface area contributed by atoms with Crippen molar-refractivity contribution in [2.75, 3.05) is 19.8 Å². The van der Waals surface area contributed by atoms with Crippen molar-refractivity contribution in [2.45, 2.75) is 26.3 Å². The highest BCUT2D eigenvalue weighted by atomic mass is 16.5. The molecule has 0 radical (unpaired) electrons. The molecular weight excluding hydrogens is 126 g/mol. The van der Waals surface area contributed by atoms with Crippen molar-refractivity contribution in [3.8, 4) is 0 Å². The summed E-state index contributed by atoms with van der Waals surface area (Å²) in [5.74, 6) is 0.786. The highest BCUT2D eigenvalue weighted by Gasteiger charge is 2.17. The Morgan fingerprint density at radius 1 is 1.60 bits per heavy atom. The Hall–Kier alpha value is -0.0800. The lowest BCUT2D eigenvalue weighted by atomic mass is 10.1. The van der Waals surface area contributed by atoms with E-state index >= 15 is 0 Å². The number of hydrogen-bond donors (Lipinski definition) is 1. The molecule has 1 N–H and O–H groups in total. The fourth-order valence-electron chi connectivity index (χ4n) is 0.915. The van der Waals surface area contributed by atoms with Crippen LogP contribution in [0, 0.1) is 5.92 Å². The summed E-state index contributed by atoms with van der Waals surface area (Å²) in [6.45, 7) is 7.48. The topological polar surface area (TPSA) is 21.3 Å². The van der Waals surface area contributed by atoms with Crippen LogP contribution in [0.25, 0.3) is 0 Å². The molecule has 1 rings (SSSR count). The van der Waals surface area contributed by atoms with Crippen LogP contribution in [0.2, 0.25) is 0 Å². The monoisotopic (exact) mass is 143 g/mol. The minimum atomic E-state index is 0.667. The van der Waals surface area contributed by atoms with Gasteiger partial charge in [0.1, 0.15) is 0 Å². The zero-order valence-electron chi connectivity index (χ0n) is 6.89. The summed E-state index contributed by atoms with van der Waals surface area (Å²) >= 11 is 0. The predicted octanol–water partition coefficient (Wildman–Crippen LogP) is 1.02. The molecule has 0 aromatic carbocycles. The van der Waals surface area contributed by atoms with Gasteiger partial charge in [-0.2, -0.15) is 0 Å². The minimum Gasteiger partial charge on any atom is -0.381 e. The molecule has 1 atom stereocenters. The first-order valence-corrected chi connectivity index (χ1v) is 4.14. The molecule has 1 unspecified atom stereocenters. The minimum absolute atomic E-state index is 0.667. The molecule has 0 spiro atoms. The summed E-state index contributed by atoms with van der Waals surface area (Å²) in [7, 11) is 0. The quantitative estimate of drug-likeness (QED) is 0.634. The van der Waals surface area contributed by atoms with Gasteiger partial charge < -0.3 is 10.1 Å². The molecule has 0 aromatic rings. The van der Waals surface area contributed by atoms with Crippen LogP contribution in [0.4, 0.5) is 0 Å². The van der Waals surface area contributed by atoms with Gasteiger partial charge in [0, 0.05) is 18.5 Å². The molecule has 0 aromatic heterocycles. The van der Waals surface area contributed by atoms with Crippen LogP contribution in [0.3, 0.4) is 0 Å². The third kappa shape index (κ3) is 2.27. The highest BCUT2D eigenvalue weighted by molar-refractivity contribution is 4.69. The third-order valence-electron chi connectivity index (χ3n) is 2.07. The van der Waals surface area contributed by atoms with E-state index in [0.717, 1.165) is 25.7 Å². The van der Waals surface area contributed by atoms with Crippen molar-refractivity contribution in [1.29, 1.82) is 0 Å². The largest absolute Gasteiger partial charge is 0.381 e. The SMILES string of the molecule is CCC(C)NCC1COC1. The van der Waals surface area contributed by atoms with Gasteiger partial charge in [-0.3, -0.25) is 0 Å². The van der Waals surface area contributed by atoms with Crippen molar-refractivity contribution in [3.05, 3.63) is 0 Å². The van der Waals surface area contributed by atoms with Crippen molar-refractivity contribution in [2.24, 2.45) is 5.92 Å². The zero-order valence-corrected chi connectivity index (χ0v) is 6.89. The van der Waals surface area contributed by atoms with Gasteiger partial charge in [-0.1, -0.05) is 6.92 Å². The first-order valence-electron chi connectivity index (χ1n) is 4.14. The molecule has 2 heteroatoms. The van der Waals surface area contributed by atoms with E-state index in [1.165, 1.54) is 6.42 Å². The molecular formula is C8H17NO. The standard InChI is InChI=1S/C8H17NO/c1-3-7(2)9-4-8-5-10-6-8/h7-9H,3-6H2,1-2H3. The van der Waals surface area contributed by atoms with Crippen molar-refractivity contribution < 1.29 is 4.74 Å². The van der Waals surface area contributed by atoms with Crippen LogP contribution in [0.15, 0.2) is 0 Å². The maximum Gasteiger partial charge on any atom is 0.0528 e. The molecule has 0 aliphatic carbocycles. The third-order valence-corrected chi connectivity index (χ3v) is 2.07. The van der Waals surface area contributed by atoms with E-state index in [4.69, 9.17) is 4.74 Å². The fraction of sp³-hybridized carbons (Fsp3) is 1.00. The molecule has 10 heavy (non-hydrogen) atoms. The van der Waals surface area contributed by atoms with Crippen molar-refractivity contribution >= 4 is 0 Å². The van der Waals surface area contributed by atoms with Gasteiger partial charge in [-0.25, -0.2) is 0 Å². The Morgan fingerprint density at radius 2 is 2.30 bits per heavy atom. The molecule has 1 heterocycles. The predicted molar refractivity (Wildman–Crippen MR) is 42.1 cm³/mol. The second-order valence-electron chi connectivity index (χ2n) is 3.12.